The number of rotatable bonds is 9. The SMILES string of the molecule is CCCCOC(=O)c1ccc(NC(=O)COC(=O)c2ccc([N+](=O)[O-])o2)cc1. The molecule has 2 aromatic rings. The van der Waals surface area contributed by atoms with Crippen LogP contribution < -0.4 is 5.32 Å². The van der Waals surface area contributed by atoms with Gasteiger partial charge < -0.3 is 19.2 Å². The van der Waals surface area contributed by atoms with Crippen LogP contribution in [0.2, 0.25) is 0 Å². The Morgan fingerprint density at radius 2 is 1.79 bits per heavy atom. The molecular formula is C18H18N2O8. The van der Waals surface area contributed by atoms with Crippen LogP contribution in [0.4, 0.5) is 11.6 Å². The first-order valence-electron chi connectivity index (χ1n) is 8.39. The molecule has 0 radical (unpaired) electrons. The largest absolute Gasteiger partial charge is 0.462 e. The van der Waals surface area contributed by atoms with E-state index in [-0.39, 0.29) is 5.76 Å². The van der Waals surface area contributed by atoms with Crippen molar-refractivity contribution in [2.24, 2.45) is 0 Å². The van der Waals surface area contributed by atoms with Crippen molar-refractivity contribution in [1.29, 1.82) is 0 Å². The quantitative estimate of drug-likeness (QED) is 0.298. The molecule has 0 atom stereocenters. The molecule has 0 aliphatic rings. The summed E-state index contributed by atoms with van der Waals surface area (Å²) in [5, 5.41) is 13.0. The summed E-state index contributed by atoms with van der Waals surface area (Å²) in [6, 6.07) is 8.09. The van der Waals surface area contributed by atoms with Crippen LogP contribution in [0.15, 0.2) is 40.8 Å². The van der Waals surface area contributed by atoms with Gasteiger partial charge in [0.1, 0.15) is 4.92 Å². The molecule has 0 fully saturated rings. The van der Waals surface area contributed by atoms with Crippen molar-refractivity contribution in [3.63, 3.8) is 0 Å². The average Bonchev–Trinajstić information content (AvgIpc) is 3.17. The number of anilines is 1. The molecule has 0 aliphatic heterocycles. The van der Waals surface area contributed by atoms with Gasteiger partial charge in [0.2, 0.25) is 5.76 Å². The minimum atomic E-state index is -1.01. The number of benzene rings is 1. The number of furan rings is 1. The van der Waals surface area contributed by atoms with Gasteiger partial charge in [-0.1, -0.05) is 13.3 Å². The minimum absolute atomic E-state index is 0.345. The maximum absolute atomic E-state index is 11.8. The summed E-state index contributed by atoms with van der Waals surface area (Å²) >= 11 is 0. The lowest BCUT2D eigenvalue weighted by Crippen LogP contribution is -2.20. The standard InChI is InChI=1S/C18H18N2O8/c1-2-3-10-26-17(22)12-4-6-13(7-5-12)19-15(21)11-27-18(23)14-8-9-16(28-14)20(24)25/h4-9H,2-3,10-11H2,1H3,(H,19,21). The zero-order chi connectivity index (χ0) is 20.5. The summed E-state index contributed by atoms with van der Waals surface area (Å²) in [6.45, 7) is 1.72. The van der Waals surface area contributed by atoms with E-state index < -0.39 is 35.3 Å². The Morgan fingerprint density at radius 3 is 2.39 bits per heavy atom. The van der Waals surface area contributed by atoms with Crippen LogP contribution in [0.25, 0.3) is 0 Å². The molecule has 0 bridgehead atoms. The second kappa shape index (κ2) is 9.86. The van der Waals surface area contributed by atoms with Crippen LogP contribution in [0, 0.1) is 10.1 Å². The molecule has 1 amide bonds. The molecule has 0 unspecified atom stereocenters. The molecular weight excluding hydrogens is 372 g/mol. The molecule has 0 spiro atoms. The van der Waals surface area contributed by atoms with E-state index in [1.54, 1.807) is 0 Å². The first-order chi connectivity index (χ1) is 13.4. The Labute approximate surface area is 159 Å². The van der Waals surface area contributed by atoms with Crippen molar-refractivity contribution in [2.45, 2.75) is 19.8 Å². The Morgan fingerprint density at radius 1 is 1.07 bits per heavy atom. The van der Waals surface area contributed by atoms with Crippen LogP contribution in [0.1, 0.15) is 40.7 Å². The Bertz CT molecular complexity index is 857. The maximum Gasteiger partial charge on any atom is 0.433 e. The van der Waals surface area contributed by atoms with Crippen molar-refractivity contribution < 1.29 is 33.2 Å². The highest BCUT2D eigenvalue weighted by atomic mass is 16.7. The summed E-state index contributed by atoms with van der Waals surface area (Å²) in [4.78, 5) is 45.0. The van der Waals surface area contributed by atoms with Crippen molar-refractivity contribution >= 4 is 29.4 Å². The Kier molecular flexibility index (Phi) is 7.26. The first kappa shape index (κ1) is 20.6. The fourth-order valence-corrected chi connectivity index (χ4v) is 2.02. The summed E-state index contributed by atoms with van der Waals surface area (Å²) in [5.41, 5.74) is 0.736. The third-order valence-electron chi connectivity index (χ3n) is 3.44. The van der Waals surface area contributed by atoms with Crippen molar-refractivity contribution in [1.82, 2.24) is 0 Å². The zero-order valence-corrected chi connectivity index (χ0v) is 15.0. The van der Waals surface area contributed by atoms with Gasteiger partial charge in [0.15, 0.2) is 6.61 Å². The summed E-state index contributed by atoms with van der Waals surface area (Å²) in [6.07, 6.45) is 1.70. The van der Waals surface area contributed by atoms with E-state index in [4.69, 9.17) is 9.47 Å². The van der Waals surface area contributed by atoms with Gasteiger partial charge in [0.25, 0.3) is 5.91 Å². The number of hydrogen-bond donors (Lipinski definition) is 1. The first-order valence-corrected chi connectivity index (χ1v) is 8.39. The number of carbonyl (C=O) groups is 3. The number of nitrogens with zero attached hydrogens (tertiary/aromatic N) is 1. The van der Waals surface area contributed by atoms with Gasteiger partial charge in [-0.15, -0.1) is 0 Å². The van der Waals surface area contributed by atoms with Gasteiger partial charge in [-0.25, -0.2) is 9.59 Å². The number of nitro groups is 1. The smallest absolute Gasteiger partial charge is 0.433 e. The molecule has 1 heterocycles. The van der Waals surface area contributed by atoms with Crippen LogP contribution in [-0.4, -0.2) is 36.0 Å². The molecule has 28 heavy (non-hydrogen) atoms. The second-order valence-electron chi connectivity index (χ2n) is 5.59. The van der Waals surface area contributed by atoms with Crippen LogP contribution in [-0.2, 0) is 14.3 Å². The summed E-state index contributed by atoms with van der Waals surface area (Å²) in [7, 11) is 0. The van der Waals surface area contributed by atoms with Crippen LogP contribution in [0.5, 0.6) is 0 Å². The molecule has 0 saturated heterocycles. The molecule has 148 valence electrons. The van der Waals surface area contributed by atoms with Gasteiger partial charge in [-0.05, 0) is 36.8 Å². The topological polar surface area (TPSA) is 138 Å². The van der Waals surface area contributed by atoms with Crippen molar-refractivity contribution in [3.8, 4) is 0 Å². The monoisotopic (exact) mass is 390 g/mol. The molecule has 0 aliphatic carbocycles. The third-order valence-corrected chi connectivity index (χ3v) is 3.44. The number of unbranched alkanes of at least 4 members (excludes halogenated alkanes) is 1. The van der Waals surface area contributed by atoms with Crippen molar-refractivity contribution in [2.75, 3.05) is 18.5 Å². The van der Waals surface area contributed by atoms with Gasteiger partial charge in [0, 0.05) is 5.69 Å². The van der Waals surface area contributed by atoms with E-state index in [9.17, 15) is 24.5 Å². The molecule has 1 aromatic heterocycles. The lowest BCUT2D eigenvalue weighted by molar-refractivity contribution is -0.402. The Balaban J connectivity index is 1.81. The van der Waals surface area contributed by atoms with E-state index in [0.29, 0.717) is 17.9 Å². The summed E-state index contributed by atoms with van der Waals surface area (Å²) in [5.74, 6) is -3.08. The highest BCUT2D eigenvalue weighted by molar-refractivity contribution is 5.95. The molecule has 10 nitrogen and oxygen atoms in total. The number of ether oxygens (including phenoxy) is 2. The number of nitrogens with one attached hydrogen (secondary N) is 1. The third kappa shape index (κ3) is 5.94. The number of hydrogen-bond acceptors (Lipinski definition) is 8. The fraction of sp³-hybridized carbons (Fsp3) is 0.278. The number of carbonyl (C=O) groups excluding carboxylic acids is 3. The zero-order valence-electron chi connectivity index (χ0n) is 15.0. The fourth-order valence-electron chi connectivity index (χ4n) is 2.02. The molecule has 2 rings (SSSR count). The predicted octanol–water partition coefficient (Wildman–Crippen LogP) is 2.94. The average molecular weight is 390 g/mol. The predicted molar refractivity (Wildman–Crippen MR) is 95.9 cm³/mol. The van der Waals surface area contributed by atoms with E-state index in [2.05, 4.69) is 9.73 Å². The van der Waals surface area contributed by atoms with Crippen molar-refractivity contribution in [3.05, 3.63) is 57.8 Å². The van der Waals surface area contributed by atoms with E-state index in [1.807, 2.05) is 6.92 Å². The lowest BCUT2D eigenvalue weighted by atomic mass is 10.2. The van der Waals surface area contributed by atoms with E-state index >= 15 is 0 Å². The second-order valence-corrected chi connectivity index (χ2v) is 5.59. The highest BCUT2D eigenvalue weighted by Gasteiger charge is 2.19. The highest BCUT2D eigenvalue weighted by Crippen LogP contribution is 2.16. The molecule has 10 heteroatoms. The van der Waals surface area contributed by atoms with Crippen LogP contribution >= 0.6 is 0 Å². The lowest BCUT2D eigenvalue weighted by Gasteiger charge is -2.07. The molecule has 1 N–H and O–H groups in total. The summed E-state index contributed by atoms with van der Waals surface area (Å²) < 4.78 is 14.5. The maximum atomic E-state index is 11.8. The van der Waals surface area contributed by atoms with E-state index in [1.165, 1.54) is 24.3 Å². The van der Waals surface area contributed by atoms with Crippen LogP contribution in [0.3, 0.4) is 0 Å². The van der Waals surface area contributed by atoms with Gasteiger partial charge in [-0.2, -0.15) is 0 Å². The van der Waals surface area contributed by atoms with Gasteiger partial charge in [-0.3, -0.25) is 14.9 Å². The molecule has 1 aromatic carbocycles. The number of esters is 2. The van der Waals surface area contributed by atoms with Gasteiger partial charge in [0.05, 0.1) is 18.2 Å². The minimum Gasteiger partial charge on any atom is -0.462 e. The molecule has 0 saturated carbocycles. The van der Waals surface area contributed by atoms with E-state index in [0.717, 1.165) is 25.0 Å². The van der Waals surface area contributed by atoms with Gasteiger partial charge >= 0.3 is 17.8 Å². The normalized spacial score (nSPS) is 10.2. The number of amides is 1. The Hall–Kier alpha value is -3.69.